The highest BCUT2D eigenvalue weighted by atomic mass is 35.5. The third-order valence-corrected chi connectivity index (χ3v) is 6.56. The summed E-state index contributed by atoms with van der Waals surface area (Å²) in [4.78, 5) is 0. The van der Waals surface area contributed by atoms with Crippen molar-refractivity contribution in [3.8, 4) is 22.8 Å². The van der Waals surface area contributed by atoms with Crippen LogP contribution in [0.2, 0.25) is 5.02 Å². The molecule has 5 rings (SSSR count). The Bertz CT molecular complexity index is 1620. The van der Waals surface area contributed by atoms with Crippen LogP contribution < -0.4 is 0 Å². The lowest BCUT2D eigenvalue weighted by atomic mass is 10.0. The van der Waals surface area contributed by atoms with Crippen molar-refractivity contribution in [2.45, 2.75) is 32.4 Å². The number of aromatic nitrogens is 6. The minimum absolute atomic E-state index is 0.0916. The molecule has 13 heteroatoms. The van der Waals surface area contributed by atoms with Crippen LogP contribution in [0.25, 0.3) is 22.8 Å². The third kappa shape index (κ3) is 5.57. The molecule has 0 bridgehead atoms. The van der Waals surface area contributed by atoms with Gasteiger partial charge in [0.25, 0.3) is 0 Å². The van der Waals surface area contributed by atoms with Crippen molar-refractivity contribution in [1.82, 2.24) is 29.8 Å². The van der Waals surface area contributed by atoms with Gasteiger partial charge in [0.15, 0.2) is 11.5 Å². The van der Waals surface area contributed by atoms with Crippen LogP contribution in [0.3, 0.4) is 0 Å². The summed E-state index contributed by atoms with van der Waals surface area (Å²) >= 11 is 6.36. The zero-order chi connectivity index (χ0) is 28.7. The van der Waals surface area contributed by atoms with Crippen molar-refractivity contribution in [3.63, 3.8) is 0 Å². The molecule has 0 fully saturated rings. The van der Waals surface area contributed by atoms with E-state index >= 15 is 0 Å². The Kier molecular flexibility index (Phi) is 7.13. The van der Waals surface area contributed by atoms with E-state index in [1.807, 2.05) is 12.1 Å². The van der Waals surface area contributed by atoms with Crippen molar-refractivity contribution >= 4 is 11.6 Å². The van der Waals surface area contributed by atoms with Crippen LogP contribution in [0, 0.1) is 6.92 Å². The number of benzene rings is 3. The zero-order valence-electron chi connectivity index (χ0n) is 20.7. The number of hydrogen-bond acceptors (Lipinski definition) is 4. The van der Waals surface area contributed by atoms with Gasteiger partial charge in [0.1, 0.15) is 11.5 Å². The number of nitrogens with zero attached hydrogens (tertiary/aromatic N) is 6. The number of aryl methyl sites for hydroxylation is 1. The maximum Gasteiger partial charge on any atom is 0.416 e. The molecule has 0 unspecified atom stereocenters. The lowest BCUT2D eigenvalue weighted by molar-refractivity contribution is -0.143. The first-order valence-corrected chi connectivity index (χ1v) is 12.2. The molecule has 0 aliphatic heterocycles. The summed E-state index contributed by atoms with van der Waals surface area (Å²) in [6.45, 7) is 1.61. The normalized spacial score (nSPS) is 12.2. The fraction of sp³-hybridized carbons (Fsp3) is 0.185. The Hall–Kier alpha value is -4.19. The van der Waals surface area contributed by atoms with Crippen LogP contribution in [-0.2, 0) is 25.4 Å². The largest absolute Gasteiger partial charge is 0.416 e. The molecule has 0 saturated heterocycles. The van der Waals surface area contributed by atoms with E-state index in [-0.39, 0.29) is 23.9 Å². The molecule has 0 spiro atoms. The van der Waals surface area contributed by atoms with E-state index in [1.165, 1.54) is 4.68 Å². The molecule has 3 aromatic carbocycles. The highest BCUT2D eigenvalue weighted by molar-refractivity contribution is 6.31. The van der Waals surface area contributed by atoms with Crippen LogP contribution in [0.15, 0.2) is 72.8 Å². The number of alkyl halides is 6. The lowest BCUT2D eigenvalue weighted by Gasteiger charge is -2.15. The first-order chi connectivity index (χ1) is 18.9. The zero-order valence-corrected chi connectivity index (χ0v) is 21.4. The van der Waals surface area contributed by atoms with Gasteiger partial charge < -0.3 is 4.57 Å². The van der Waals surface area contributed by atoms with Crippen LogP contribution >= 0.6 is 11.6 Å². The van der Waals surface area contributed by atoms with Crippen LogP contribution in [0.1, 0.15) is 28.1 Å². The maximum atomic E-state index is 13.5. The predicted molar refractivity (Wildman–Crippen MR) is 135 cm³/mol. The standard InChI is InChI=1S/C27H19ClF6N6/c1-16-35-37-25(39(16)15-19-9-5-6-10-22(19)28)23-24(18-7-3-2-4-8-18)40(38-36-23)14-17-11-20(26(29,30)31)13-21(12-17)27(32,33)34/h2-13H,14-15H2,1H3. The minimum atomic E-state index is -4.97. The van der Waals surface area contributed by atoms with Gasteiger partial charge in [-0.2, -0.15) is 26.3 Å². The average molecular weight is 577 g/mol. The first kappa shape index (κ1) is 27.4. The highest BCUT2D eigenvalue weighted by Gasteiger charge is 2.37. The van der Waals surface area contributed by atoms with Crippen molar-refractivity contribution in [3.05, 3.63) is 106 Å². The van der Waals surface area contributed by atoms with E-state index in [2.05, 4.69) is 20.5 Å². The molecule has 40 heavy (non-hydrogen) atoms. The summed E-state index contributed by atoms with van der Waals surface area (Å²) in [6, 6.07) is 17.4. The highest BCUT2D eigenvalue weighted by Crippen LogP contribution is 2.37. The van der Waals surface area contributed by atoms with Gasteiger partial charge in [0.2, 0.25) is 0 Å². The first-order valence-electron chi connectivity index (χ1n) is 11.8. The molecule has 0 radical (unpaired) electrons. The SMILES string of the molecule is Cc1nnc(-c2nnn(Cc3cc(C(F)(F)F)cc(C(F)(F)F)c3)c2-c2ccccc2)n1Cc1ccccc1Cl. The Morgan fingerprint density at radius 1 is 0.750 bits per heavy atom. The minimum Gasteiger partial charge on any atom is -0.305 e. The predicted octanol–water partition coefficient (Wildman–Crippen LogP) is 7.30. The van der Waals surface area contributed by atoms with Crippen LogP contribution in [0.4, 0.5) is 26.3 Å². The molecule has 5 aromatic rings. The van der Waals surface area contributed by atoms with Gasteiger partial charge in [-0.25, -0.2) is 4.68 Å². The lowest BCUT2D eigenvalue weighted by Crippen LogP contribution is -2.13. The fourth-order valence-electron chi connectivity index (χ4n) is 4.28. The molecule has 6 nitrogen and oxygen atoms in total. The number of hydrogen-bond donors (Lipinski definition) is 0. The summed E-state index contributed by atoms with van der Waals surface area (Å²) in [5, 5.41) is 17.3. The van der Waals surface area contributed by atoms with Gasteiger partial charge in [0.05, 0.1) is 24.2 Å². The van der Waals surface area contributed by atoms with E-state index in [9.17, 15) is 26.3 Å². The summed E-state index contributed by atoms with van der Waals surface area (Å²) in [5.74, 6) is 0.846. The second-order valence-electron chi connectivity index (χ2n) is 8.97. The summed E-state index contributed by atoms with van der Waals surface area (Å²) < 4.78 is 83.8. The average Bonchev–Trinajstić information content (AvgIpc) is 3.47. The second kappa shape index (κ2) is 10.4. The van der Waals surface area contributed by atoms with Crippen molar-refractivity contribution in [2.75, 3.05) is 0 Å². The Balaban J connectivity index is 1.64. The van der Waals surface area contributed by atoms with E-state index in [0.717, 1.165) is 5.56 Å². The van der Waals surface area contributed by atoms with Gasteiger partial charge >= 0.3 is 12.4 Å². The molecule has 0 aliphatic carbocycles. The molecule has 0 N–H and O–H groups in total. The maximum absolute atomic E-state index is 13.5. The van der Waals surface area contributed by atoms with E-state index in [0.29, 0.717) is 40.1 Å². The smallest absolute Gasteiger partial charge is 0.305 e. The van der Waals surface area contributed by atoms with E-state index < -0.39 is 30.0 Å². The number of rotatable bonds is 6. The van der Waals surface area contributed by atoms with Crippen molar-refractivity contribution in [2.24, 2.45) is 0 Å². The Morgan fingerprint density at radius 3 is 2.00 bits per heavy atom. The van der Waals surface area contributed by atoms with E-state index in [1.54, 1.807) is 54.0 Å². The van der Waals surface area contributed by atoms with Gasteiger partial charge in [-0.3, -0.25) is 0 Å². The molecule has 2 aromatic heterocycles. The van der Waals surface area contributed by atoms with Gasteiger partial charge in [-0.15, -0.1) is 15.3 Å². The van der Waals surface area contributed by atoms with Crippen molar-refractivity contribution < 1.29 is 26.3 Å². The molecular weight excluding hydrogens is 558 g/mol. The molecule has 206 valence electrons. The Labute approximate surface area is 228 Å². The summed E-state index contributed by atoms with van der Waals surface area (Å²) in [5.41, 5.74) is -1.10. The van der Waals surface area contributed by atoms with Crippen LogP contribution in [0.5, 0.6) is 0 Å². The second-order valence-corrected chi connectivity index (χ2v) is 9.38. The van der Waals surface area contributed by atoms with Gasteiger partial charge in [-0.05, 0) is 42.3 Å². The molecule has 0 amide bonds. The fourth-order valence-corrected chi connectivity index (χ4v) is 4.48. The number of halogens is 7. The quantitative estimate of drug-likeness (QED) is 0.199. The Morgan fingerprint density at radius 2 is 1.38 bits per heavy atom. The molecule has 0 atom stereocenters. The summed E-state index contributed by atoms with van der Waals surface area (Å²) in [6.07, 6.45) is -9.95. The molecule has 2 heterocycles. The topological polar surface area (TPSA) is 61.4 Å². The monoisotopic (exact) mass is 576 g/mol. The molecule has 0 aliphatic rings. The van der Waals surface area contributed by atoms with Crippen molar-refractivity contribution in [1.29, 1.82) is 0 Å². The van der Waals surface area contributed by atoms with E-state index in [4.69, 9.17) is 11.6 Å². The molecular formula is C27H19ClF6N6. The van der Waals surface area contributed by atoms with Crippen LogP contribution in [-0.4, -0.2) is 29.8 Å². The van der Waals surface area contributed by atoms with Gasteiger partial charge in [0, 0.05) is 10.6 Å². The van der Waals surface area contributed by atoms with Gasteiger partial charge in [-0.1, -0.05) is 65.3 Å². The third-order valence-electron chi connectivity index (χ3n) is 6.20. The summed E-state index contributed by atoms with van der Waals surface area (Å²) in [7, 11) is 0. The molecule has 0 saturated carbocycles.